The van der Waals surface area contributed by atoms with Crippen LogP contribution in [0.4, 0.5) is 0 Å². The summed E-state index contributed by atoms with van der Waals surface area (Å²) in [5.74, 6) is 3.50. The average molecular weight is 689 g/mol. The van der Waals surface area contributed by atoms with Gasteiger partial charge in [-0.1, -0.05) is 44.9 Å². The van der Waals surface area contributed by atoms with Crippen molar-refractivity contribution in [3.8, 4) is 0 Å². The van der Waals surface area contributed by atoms with Crippen LogP contribution in [-0.4, -0.2) is 67.5 Å². The van der Waals surface area contributed by atoms with Crippen molar-refractivity contribution in [1.29, 1.82) is 0 Å². The monoisotopic (exact) mass is 688 g/mol. The maximum atomic E-state index is 12.8. The molecule has 11 nitrogen and oxygen atoms in total. The van der Waals surface area contributed by atoms with Crippen LogP contribution < -0.4 is 42.5 Å². The molecule has 0 aromatic carbocycles. The molecule has 8 bridgehead atoms. The number of hydrogen-bond donors (Lipinski definition) is 9. The standard InChI is InChI=1S/C32H56N8O3S.Fe/c41-44(42,43)23-15-7-14-22-24(23)32-39-30-21-13-6-5-12-20(21)28(37-30)35-26-17-9-2-1-8-16(17)25(33-26)34-27-18-10-3-4-11-19(18)29(36-27)38-31(22)40-32;/h16-40H,1-15H2,(H,41,42,43);. The van der Waals surface area contributed by atoms with Gasteiger partial charge in [0.1, 0.15) is 0 Å². The van der Waals surface area contributed by atoms with Crippen LogP contribution >= 0.6 is 0 Å². The van der Waals surface area contributed by atoms with E-state index < -0.39 is 15.4 Å². The predicted octanol–water partition coefficient (Wildman–Crippen LogP) is 1.47. The van der Waals surface area contributed by atoms with Gasteiger partial charge in [0, 0.05) is 23.0 Å². The van der Waals surface area contributed by atoms with Gasteiger partial charge in [0.15, 0.2) is 0 Å². The summed E-state index contributed by atoms with van der Waals surface area (Å²) < 4.78 is 36.1. The van der Waals surface area contributed by atoms with Gasteiger partial charge >= 0.3 is 0 Å². The van der Waals surface area contributed by atoms with Crippen LogP contribution in [0.3, 0.4) is 0 Å². The summed E-state index contributed by atoms with van der Waals surface area (Å²) >= 11 is 0. The fraction of sp³-hybridized carbons (Fsp3) is 1.00. The Balaban J connectivity index is 0.00000300. The summed E-state index contributed by atoms with van der Waals surface area (Å²) in [6, 6.07) is 0. The van der Waals surface area contributed by atoms with E-state index in [0.29, 0.717) is 54.3 Å². The van der Waals surface area contributed by atoms with E-state index in [2.05, 4.69) is 42.5 Å². The third-order valence-corrected chi connectivity index (χ3v) is 15.5. The molecule has 9 aliphatic rings. The molecule has 17 unspecified atom stereocenters. The SMILES string of the molecule is O=S(=O)(O)C1CCCC2C3NC4NC(NC5NC(NC6NC(NC(N3)C21)C1CCCCC61)C1CCCCC51)C1CCCCC41.[Fe]. The summed E-state index contributed by atoms with van der Waals surface area (Å²) in [7, 11) is -4.16. The summed E-state index contributed by atoms with van der Waals surface area (Å²) in [6.07, 6.45) is 18.9. The molecule has 0 aromatic heterocycles. The van der Waals surface area contributed by atoms with E-state index in [1.807, 2.05) is 0 Å². The Morgan fingerprint density at radius 1 is 0.378 bits per heavy atom. The molecule has 9 rings (SSSR count). The molecule has 0 spiro atoms. The van der Waals surface area contributed by atoms with Gasteiger partial charge in [-0.2, -0.15) is 8.42 Å². The van der Waals surface area contributed by atoms with Gasteiger partial charge in [-0.15, -0.1) is 0 Å². The third kappa shape index (κ3) is 5.70. The molecular formula is C32H56FeN8O3S. The van der Waals surface area contributed by atoms with E-state index in [4.69, 9.17) is 0 Å². The van der Waals surface area contributed by atoms with Crippen molar-refractivity contribution < 1.29 is 30.0 Å². The molecule has 0 amide bonds. The van der Waals surface area contributed by atoms with Gasteiger partial charge in [0.2, 0.25) is 0 Å². The zero-order valence-corrected chi connectivity index (χ0v) is 28.4. The van der Waals surface area contributed by atoms with Crippen LogP contribution in [0, 0.1) is 47.3 Å². The topological polar surface area (TPSA) is 151 Å². The Morgan fingerprint density at radius 2 is 0.644 bits per heavy atom. The number of fused-ring (bicyclic) bond motifs is 20. The molecule has 17 atom stereocenters. The Bertz CT molecular complexity index is 1180. The molecule has 45 heavy (non-hydrogen) atoms. The molecule has 256 valence electrons. The molecular weight excluding hydrogens is 632 g/mol. The first kappa shape index (κ1) is 32.3. The van der Waals surface area contributed by atoms with Crippen molar-refractivity contribution >= 4 is 10.1 Å². The van der Waals surface area contributed by atoms with E-state index in [1.54, 1.807) is 0 Å². The molecule has 0 aromatic rings. The van der Waals surface area contributed by atoms with Crippen LogP contribution in [0.15, 0.2) is 0 Å². The van der Waals surface area contributed by atoms with Gasteiger partial charge in [-0.05, 0) is 92.8 Å². The average Bonchev–Trinajstić information content (AvgIpc) is 3.76. The van der Waals surface area contributed by atoms with Gasteiger partial charge in [-0.25, -0.2) is 0 Å². The molecule has 0 radical (unpaired) electrons. The predicted molar refractivity (Wildman–Crippen MR) is 168 cm³/mol. The zero-order chi connectivity index (χ0) is 29.6. The van der Waals surface area contributed by atoms with Gasteiger partial charge in [0.05, 0.1) is 54.6 Å². The van der Waals surface area contributed by atoms with E-state index in [0.717, 1.165) is 12.8 Å². The van der Waals surface area contributed by atoms with Crippen LogP contribution in [0.1, 0.15) is 96.3 Å². The molecule has 9 N–H and O–H groups in total. The van der Waals surface area contributed by atoms with Crippen LogP contribution in [0.2, 0.25) is 0 Å². The maximum absolute atomic E-state index is 12.8. The number of nitrogens with one attached hydrogen (secondary N) is 8. The fourth-order valence-corrected chi connectivity index (χ4v) is 13.6. The molecule has 4 saturated carbocycles. The Hall–Kier alpha value is 0.109. The largest absolute Gasteiger partial charge is 0.286 e. The first-order valence-corrected chi connectivity index (χ1v) is 20.0. The second-order valence-corrected chi connectivity index (χ2v) is 17.9. The first-order valence-electron chi connectivity index (χ1n) is 18.5. The molecule has 9 fully saturated rings. The molecule has 5 aliphatic heterocycles. The van der Waals surface area contributed by atoms with E-state index in [1.165, 1.54) is 77.0 Å². The maximum Gasteiger partial charge on any atom is 0.268 e. The Kier molecular flexibility index (Phi) is 9.17. The molecule has 13 heteroatoms. The van der Waals surface area contributed by atoms with E-state index in [9.17, 15) is 13.0 Å². The van der Waals surface area contributed by atoms with Crippen LogP contribution in [-0.2, 0) is 27.2 Å². The van der Waals surface area contributed by atoms with Crippen molar-refractivity contribution in [2.24, 2.45) is 47.3 Å². The number of hydrogen-bond acceptors (Lipinski definition) is 10. The Labute approximate surface area is 280 Å². The zero-order valence-electron chi connectivity index (χ0n) is 26.4. The third-order valence-electron chi connectivity index (χ3n) is 14.2. The fourth-order valence-electron chi connectivity index (χ4n) is 12.3. The summed E-state index contributed by atoms with van der Waals surface area (Å²) in [6.45, 7) is 0. The first-order chi connectivity index (χ1) is 21.4. The quantitative estimate of drug-likeness (QED) is 0.146. The molecule has 5 saturated heterocycles. The summed E-state index contributed by atoms with van der Waals surface area (Å²) in [5.41, 5.74) is 0. The van der Waals surface area contributed by atoms with Gasteiger partial charge in [0.25, 0.3) is 10.1 Å². The van der Waals surface area contributed by atoms with Crippen molar-refractivity contribution in [3.63, 3.8) is 0 Å². The molecule has 5 heterocycles. The number of rotatable bonds is 1. The Morgan fingerprint density at radius 3 is 0.956 bits per heavy atom. The van der Waals surface area contributed by atoms with Gasteiger partial charge < -0.3 is 0 Å². The minimum absolute atomic E-state index is 0. The minimum atomic E-state index is -4.16. The summed E-state index contributed by atoms with van der Waals surface area (Å²) in [4.78, 5) is 0. The smallest absolute Gasteiger partial charge is 0.268 e. The summed E-state index contributed by atoms with van der Waals surface area (Å²) in [5, 5.41) is 31.8. The molecule has 4 aliphatic carbocycles. The van der Waals surface area contributed by atoms with Gasteiger partial charge in [-0.3, -0.25) is 47.1 Å². The van der Waals surface area contributed by atoms with E-state index >= 15 is 0 Å². The second-order valence-electron chi connectivity index (χ2n) is 16.2. The minimum Gasteiger partial charge on any atom is -0.286 e. The van der Waals surface area contributed by atoms with E-state index in [-0.39, 0.29) is 65.9 Å². The van der Waals surface area contributed by atoms with Crippen molar-refractivity contribution in [3.05, 3.63) is 0 Å². The van der Waals surface area contributed by atoms with Crippen LogP contribution in [0.5, 0.6) is 0 Å². The van der Waals surface area contributed by atoms with Crippen LogP contribution in [0.25, 0.3) is 0 Å². The second kappa shape index (κ2) is 12.8. The normalized spacial score (nSPS) is 54.3. The van der Waals surface area contributed by atoms with Crippen molar-refractivity contribution in [2.75, 3.05) is 0 Å². The van der Waals surface area contributed by atoms with Crippen molar-refractivity contribution in [1.82, 2.24) is 42.5 Å². The van der Waals surface area contributed by atoms with Crippen molar-refractivity contribution in [2.45, 2.75) is 151 Å².